The molecule has 4 N–H and O–H groups in total. The number of fused-ring (bicyclic) bond motifs is 1. The van der Waals surface area contributed by atoms with Gasteiger partial charge in [0.25, 0.3) is 0 Å². The van der Waals surface area contributed by atoms with Crippen LogP contribution in [-0.4, -0.2) is 73.3 Å². The highest BCUT2D eigenvalue weighted by atomic mass is 35.5. The van der Waals surface area contributed by atoms with Gasteiger partial charge >= 0.3 is 7.82 Å². The van der Waals surface area contributed by atoms with Crippen molar-refractivity contribution < 1.29 is 46.2 Å². The van der Waals surface area contributed by atoms with Crippen molar-refractivity contribution in [3.8, 4) is 17.9 Å². The average Bonchev–Trinajstić information content (AvgIpc) is 3.98. The molecule has 2 unspecified atom stereocenters. The molecule has 1 aromatic heterocycles. The third-order valence-electron chi connectivity index (χ3n) is 10.9. The molecular formula is C46H61ClFN6O9P. The van der Waals surface area contributed by atoms with Gasteiger partial charge in [-0.3, -0.25) is 14.5 Å². The van der Waals surface area contributed by atoms with Crippen LogP contribution in [0, 0.1) is 33.9 Å². The van der Waals surface area contributed by atoms with Crippen molar-refractivity contribution in [1.82, 2.24) is 4.98 Å². The number of nitrogens with one attached hydrogen (secondary N) is 2. The summed E-state index contributed by atoms with van der Waals surface area (Å²) in [6.45, 7) is 4.74. The Kier molecular flexibility index (Phi) is 19.8. The molecule has 0 saturated carbocycles. The summed E-state index contributed by atoms with van der Waals surface area (Å²) < 4.78 is 78.5. The van der Waals surface area contributed by atoms with Crippen LogP contribution in [0.5, 0.6) is 5.75 Å². The molecule has 2 aromatic carbocycles. The largest absolute Gasteiger partial charge is 0.530 e. The smallest absolute Gasteiger partial charge is 0.402 e. The molecule has 0 radical (unpaired) electrons. The summed E-state index contributed by atoms with van der Waals surface area (Å²) in [6.07, 6.45) is 11.5. The molecule has 15 nitrogen and oxygen atoms in total. The summed E-state index contributed by atoms with van der Waals surface area (Å²) in [7, 11) is -4.72. The van der Waals surface area contributed by atoms with E-state index in [1.807, 2.05) is 6.07 Å². The van der Waals surface area contributed by atoms with Crippen molar-refractivity contribution in [3.05, 3.63) is 88.0 Å². The number of hydrogen-bond acceptors (Lipinski definition) is 12. The van der Waals surface area contributed by atoms with Crippen LogP contribution >= 0.6 is 19.4 Å². The minimum atomic E-state index is -4.72. The Balaban J connectivity index is 1.27. The maximum atomic E-state index is 14.9. The number of nitrogens with zero attached hydrogens (tertiary/aromatic N) is 3. The first kappa shape index (κ1) is 50.8. The van der Waals surface area contributed by atoms with E-state index in [-0.39, 0.29) is 40.9 Å². The second kappa shape index (κ2) is 24.9. The number of halogens is 2. The summed E-state index contributed by atoms with van der Waals surface area (Å²) in [4.78, 5) is 6.92. The summed E-state index contributed by atoms with van der Waals surface area (Å²) in [6, 6.07) is 17.8. The molecule has 2 saturated heterocycles. The van der Waals surface area contributed by atoms with Crippen molar-refractivity contribution in [2.45, 2.75) is 140 Å². The number of aromatic nitrogens is 1. The van der Waals surface area contributed by atoms with E-state index in [2.05, 4.69) is 23.0 Å². The highest BCUT2D eigenvalue weighted by Crippen LogP contribution is 2.55. The summed E-state index contributed by atoms with van der Waals surface area (Å²) in [5.41, 5.74) is 5.32. The zero-order chi connectivity index (χ0) is 46.0. The lowest BCUT2D eigenvalue weighted by molar-refractivity contribution is -0.204. The van der Waals surface area contributed by atoms with E-state index < -0.39 is 62.7 Å². The number of nitrogens with two attached hydrogens (primary N) is 1. The number of para-hydroxylation sites is 1. The number of benzene rings is 2. The first-order valence-corrected chi connectivity index (χ1v) is 23.9. The fourth-order valence-corrected chi connectivity index (χ4v) is 9.01. The number of H-pyrrole nitrogens is 1. The number of nitriles is 2. The van der Waals surface area contributed by atoms with Gasteiger partial charge in [-0.05, 0) is 56.7 Å². The van der Waals surface area contributed by atoms with Gasteiger partial charge in [-0.2, -0.15) is 10.5 Å². The predicted octanol–water partition coefficient (Wildman–Crippen LogP) is 10.4. The van der Waals surface area contributed by atoms with Gasteiger partial charge in [-0.1, -0.05) is 107 Å². The molecule has 0 bridgehead atoms. The molecule has 348 valence electrons. The number of phosphoric acid groups is 1. The van der Waals surface area contributed by atoms with E-state index >= 15 is 0 Å². The van der Waals surface area contributed by atoms with Crippen molar-refractivity contribution in [3.63, 3.8) is 0 Å². The van der Waals surface area contributed by atoms with Gasteiger partial charge < -0.3 is 38.9 Å². The van der Waals surface area contributed by atoms with E-state index in [1.54, 1.807) is 38.1 Å². The summed E-state index contributed by atoms with van der Waals surface area (Å²) >= 11 is 6.43. The second-order valence-corrected chi connectivity index (χ2v) is 18.4. The first-order chi connectivity index (χ1) is 30.8. The Hall–Kier alpha value is -4.19. The zero-order valence-electron chi connectivity index (χ0n) is 36.9. The Morgan fingerprint density at radius 1 is 0.984 bits per heavy atom. The van der Waals surface area contributed by atoms with Crippen LogP contribution in [0.4, 0.5) is 4.39 Å². The standard InChI is InChI=1S/C46H61ClFN6O9P/c1-4-5-6-7-8-9-10-11-12-13-14-17-24-56-28-35(57-27-34-21-20-33(26-49)25-37(34)48)29-58-64(55,63-40-19-16-15-18-36(40)47)59-31-46(30-50)43-42(60-45(2,3)62-43)41(61-46)38-22-23-39(54-38)44(52)53-32-51/h15-16,18-23,25,32,35,41-43,54H,4-14,17,24,27-29,31H2,1-3H3,(H3,51,52,53)/t35-,41?,42+,43+,46-,64?/m1/s1. The van der Waals surface area contributed by atoms with E-state index in [0.717, 1.165) is 31.7 Å². The topological polar surface area (TPSA) is 217 Å². The number of amidine groups is 1. The lowest BCUT2D eigenvalue weighted by Gasteiger charge is -2.30. The minimum absolute atomic E-state index is 0.00779. The van der Waals surface area contributed by atoms with E-state index in [1.165, 1.54) is 82.1 Å². The molecule has 6 atom stereocenters. The van der Waals surface area contributed by atoms with Gasteiger partial charge in [0.2, 0.25) is 5.60 Å². The van der Waals surface area contributed by atoms with Gasteiger partial charge in [0.05, 0.1) is 42.2 Å². The van der Waals surface area contributed by atoms with Gasteiger partial charge in [0.15, 0.2) is 5.79 Å². The van der Waals surface area contributed by atoms with E-state index in [9.17, 15) is 19.5 Å². The van der Waals surface area contributed by atoms with Crippen LogP contribution in [-0.2, 0) is 43.9 Å². The highest BCUT2D eigenvalue weighted by molar-refractivity contribution is 7.49. The first-order valence-electron chi connectivity index (χ1n) is 22.0. The van der Waals surface area contributed by atoms with E-state index in [0.29, 0.717) is 18.0 Å². The molecule has 3 heterocycles. The molecule has 64 heavy (non-hydrogen) atoms. The molecule has 3 aromatic rings. The maximum absolute atomic E-state index is 14.9. The second-order valence-electron chi connectivity index (χ2n) is 16.4. The van der Waals surface area contributed by atoms with Gasteiger partial charge in [0, 0.05) is 17.9 Å². The summed E-state index contributed by atoms with van der Waals surface area (Å²) in [5, 5.41) is 27.4. The van der Waals surface area contributed by atoms with Crippen LogP contribution in [0.1, 0.15) is 126 Å². The molecule has 0 amide bonds. The SMILES string of the molecule is CCCCCCCCCCCCCCOC[C@H](COP(=O)(OC[C@@]1(C#N)OC(c2ccc(/C(N)=N\C=N)[nH]2)[C@@H]2OC(C)(C)O[C@@H]21)Oc1ccccc1Cl)OCc1ccc(C#N)cc1F. The van der Waals surface area contributed by atoms with Crippen molar-refractivity contribution >= 4 is 31.6 Å². The van der Waals surface area contributed by atoms with Gasteiger partial charge in [-0.25, -0.2) is 13.9 Å². The quantitative estimate of drug-likeness (QED) is 0.0256. The third-order valence-corrected chi connectivity index (χ3v) is 12.6. The molecule has 2 aliphatic rings. The molecule has 2 fully saturated rings. The zero-order valence-corrected chi connectivity index (χ0v) is 38.6. The number of unbranched alkanes of at least 4 members (excludes halogenated alkanes) is 11. The van der Waals surface area contributed by atoms with E-state index in [4.69, 9.17) is 60.0 Å². The summed E-state index contributed by atoms with van der Waals surface area (Å²) in [5.74, 6) is -1.73. The number of rotatable bonds is 29. The van der Waals surface area contributed by atoms with Crippen molar-refractivity contribution in [1.29, 1.82) is 15.9 Å². The number of hydrogen-bond donors (Lipinski definition) is 3. The van der Waals surface area contributed by atoms with Crippen LogP contribution in [0.3, 0.4) is 0 Å². The molecule has 5 rings (SSSR count). The number of ether oxygens (including phenoxy) is 5. The molecule has 2 aliphatic heterocycles. The van der Waals surface area contributed by atoms with Gasteiger partial charge in [0.1, 0.15) is 60.8 Å². The highest BCUT2D eigenvalue weighted by Gasteiger charge is 2.65. The Labute approximate surface area is 380 Å². The molecule has 18 heteroatoms. The van der Waals surface area contributed by atoms with Crippen LogP contribution in [0.15, 0.2) is 59.6 Å². The normalized spacial score (nSPS) is 21.7. The average molecular weight is 927 g/mol. The Morgan fingerprint density at radius 2 is 1.69 bits per heavy atom. The lowest BCUT2D eigenvalue weighted by Crippen LogP contribution is -2.46. The van der Waals surface area contributed by atoms with Crippen molar-refractivity contribution in [2.24, 2.45) is 10.7 Å². The Bertz CT molecular complexity index is 2130. The Morgan fingerprint density at radius 3 is 2.34 bits per heavy atom. The fraction of sp³-hybridized carbons (Fsp3) is 0.565. The fourth-order valence-electron chi connectivity index (χ4n) is 7.50. The van der Waals surface area contributed by atoms with Crippen molar-refractivity contribution in [2.75, 3.05) is 26.4 Å². The lowest BCUT2D eigenvalue weighted by atomic mass is 9.96. The monoisotopic (exact) mass is 926 g/mol. The van der Waals surface area contributed by atoms with Crippen LogP contribution in [0.2, 0.25) is 5.02 Å². The molecular weight excluding hydrogens is 866 g/mol. The molecule has 0 aliphatic carbocycles. The number of aromatic amines is 1. The number of phosphoric ester groups is 1. The maximum Gasteiger partial charge on any atom is 0.530 e. The number of aliphatic imine (C=N–C) groups is 1. The molecule has 0 spiro atoms. The third kappa shape index (κ3) is 14.7. The van der Waals surface area contributed by atoms with Crippen LogP contribution in [0.25, 0.3) is 0 Å². The van der Waals surface area contributed by atoms with Crippen LogP contribution < -0.4 is 10.3 Å². The van der Waals surface area contributed by atoms with Gasteiger partial charge in [-0.15, -0.1) is 0 Å². The minimum Gasteiger partial charge on any atom is -0.402 e. The predicted molar refractivity (Wildman–Crippen MR) is 239 cm³/mol.